The molecule has 2 N–H and O–H groups in total. The molecule has 1 unspecified atom stereocenters. The molecule has 5 rings (SSSR count). The smallest absolute Gasteiger partial charge is 0.256 e. The van der Waals surface area contributed by atoms with E-state index < -0.39 is 11.5 Å². The number of ether oxygens (including phenoxy) is 1. The Morgan fingerprint density at radius 2 is 1.88 bits per heavy atom. The van der Waals surface area contributed by atoms with Gasteiger partial charge in [-0.1, -0.05) is 40.2 Å². The molecular weight excluding hydrogens is 397 g/mol. The number of amidine groups is 1. The monoisotopic (exact) mass is 409 g/mol. The maximum Gasteiger partial charge on any atom is 0.256 e. The van der Waals surface area contributed by atoms with Gasteiger partial charge in [0, 0.05) is 26.9 Å². The normalized spacial score (nSPS) is 19.4. The van der Waals surface area contributed by atoms with Gasteiger partial charge in [0.05, 0.1) is 0 Å². The van der Waals surface area contributed by atoms with E-state index in [4.69, 9.17) is 15.5 Å². The van der Waals surface area contributed by atoms with Crippen molar-refractivity contribution in [3.05, 3.63) is 86.9 Å². The lowest BCUT2D eigenvalue weighted by Gasteiger charge is -2.36. The lowest BCUT2D eigenvalue weighted by molar-refractivity contribution is 0.384. The van der Waals surface area contributed by atoms with Crippen LogP contribution in [0.15, 0.2) is 58.0 Å². The van der Waals surface area contributed by atoms with Crippen LogP contribution in [0.1, 0.15) is 27.9 Å². The van der Waals surface area contributed by atoms with Gasteiger partial charge in [-0.15, -0.1) is 0 Å². The summed E-state index contributed by atoms with van der Waals surface area (Å²) < 4.78 is 21.5. The SMILES string of the molecule is Cc1cc2c(c(F)n1)Oc1ccc(Br)cc1C21N=C(N)c2ccccc21. The topological polar surface area (TPSA) is 60.5 Å². The molecule has 4 nitrogen and oxygen atoms in total. The molecule has 2 aliphatic rings. The van der Waals surface area contributed by atoms with Crippen LogP contribution in [-0.2, 0) is 5.54 Å². The molecule has 3 aromatic rings. The summed E-state index contributed by atoms with van der Waals surface area (Å²) in [6.45, 7) is 1.75. The standard InChI is InChI=1S/C20H13BrFN3O/c1-10-8-15-17(18(22)24-10)26-16-7-6-11(21)9-14(16)20(15)13-5-3-2-4-12(13)19(23)25-20/h2-9H,1H3,(H2,23,25). The van der Waals surface area contributed by atoms with Crippen molar-refractivity contribution < 1.29 is 9.13 Å². The molecule has 2 aliphatic heterocycles. The molecule has 26 heavy (non-hydrogen) atoms. The number of aromatic nitrogens is 1. The van der Waals surface area contributed by atoms with Crippen LogP contribution >= 0.6 is 15.9 Å². The first-order valence-corrected chi connectivity index (χ1v) is 8.91. The second-order valence-electron chi connectivity index (χ2n) is 6.43. The molecule has 1 aromatic heterocycles. The fraction of sp³-hybridized carbons (Fsp3) is 0.100. The Bertz CT molecular complexity index is 1130. The van der Waals surface area contributed by atoms with Crippen molar-refractivity contribution in [2.24, 2.45) is 10.7 Å². The number of aliphatic imine (C=N–C) groups is 1. The van der Waals surface area contributed by atoms with Crippen LogP contribution in [0.3, 0.4) is 0 Å². The second kappa shape index (κ2) is 5.14. The molecule has 0 fully saturated rings. The summed E-state index contributed by atoms with van der Waals surface area (Å²) in [7, 11) is 0. The van der Waals surface area contributed by atoms with Crippen LogP contribution in [0.2, 0.25) is 0 Å². The quantitative estimate of drug-likeness (QED) is 0.559. The average molecular weight is 410 g/mol. The fourth-order valence-electron chi connectivity index (χ4n) is 3.85. The Labute approximate surface area is 157 Å². The minimum absolute atomic E-state index is 0.0960. The molecular formula is C20H13BrFN3O. The van der Waals surface area contributed by atoms with Crippen LogP contribution in [0.4, 0.5) is 4.39 Å². The molecule has 0 bridgehead atoms. The van der Waals surface area contributed by atoms with Crippen LogP contribution in [0, 0.1) is 12.9 Å². The first kappa shape index (κ1) is 15.5. The Balaban J connectivity index is 1.97. The van der Waals surface area contributed by atoms with Crippen LogP contribution < -0.4 is 10.5 Å². The summed E-state index contributed by atoms with van der Waals surface area (Å²) in [6, 6.07) is 15.2. The van der Waals surface area contributed by atoms with Gasteiger partial charge in [-0.05, 0) is 36.8 Å². The number of aryl methyl sites for hydroxylation is 1. The number of pyridine rings is 1. The number of rotatable bonds is 0. The molecule has 2 aromatic carbocycles. The number of hydrogen-bond donors (Lipinski definition) is 1. The summed E-state index contributed by atoms with van der Waals surface area (Å²) in [5.74, 6) is 0.414. The van der Waals surface area contributed by atoms with Crippen molar-refractivity contribution in [1.29, 1.82) is 0 Å². The van der Waals surface area contributed by atoms with Gasteiger partial charge in [-0.25, -0.2) is 9.98 Å². The van der Waals surface area contributed by atoms with Gasteiger partial charge in [-0.3, -0.25) is 0 Å². The first-order chi connectivity index (χ1) is 12.5. The van der Waals surface area contributed by atoms with Gasteiger partial charge in [0.1, 0.15) is 17.1 Å². The molecule has 0 saturated heterocycles. The van der Waals surface area contributed by atoms with E-state index in [0.29, 0.717) is 22.8 Å². The maximum absolute atomic E-state index is 14.7. The highest BCUT2D eigenvalue weighted by molar-refractivity contribution is 9.10. The molecule has 3 heterocycles. The molecule has 0 radical (unpaired) electrons. The third-order valence-electron chi connectivity index (χ3n) is 4.87. The van der Waals surface area contributed by atoms with E-state index in [1.54, 1.807) is 13.0 Å². The zero-order valence-corrected chi connectivity index (χ0v) is 15.3. The summed E-state index contributed by atoms with van der Waals surface area (Å²) in [5, 5.41) is 0. The molecule has 128 valence electrons. The second-order valence-corrected chi connectivity index (χ2v) is 7.34. The Morgan fingerprint density at radius 3 is 2.73 bits per heavy atom. The first-order valence-electron chi connectivity index (χ1n) is 8.11. The van der Waals surface area contributed by atoms with Gasteiger partial charge in [0.25, 0.3) is 5.95 Å². The number of hydrogen-bond acceptors (Lipinski definition) is 4. The highest BCUT2D eigenvalue weighted by Crippen LogP contribution is 2.56. The van der Waals surface area contributed by atoms with Crippen LogP contribution in [0.25, 0.3) is 0 Å². The number of benzene rings is 2. The summed E-state index contributed by atoms with van der Waals surface area (Å²) >= 11 is 3.52. The third-order valence-corrected chi connectivity index (χ3v) is 5.37. The van der Waals surface area contributed by atoms with Gasteiger partial charge in [0.2, 0.25) is 0 Å². The molecule has 0 aliphatic carbocycles. The fourth-order valence-corrected chi connectivity index (χ4v) is 4.21. The minimum atomic E-state index is -0.956. The number of halogens is 2. The van der Waals surface area contributed by atoms with Gasteiger partial charge >= 0.3 is 0 Å². The van der Waals surface area contributed by atoms with Crippen LogP contribution in [-0.4, -0.2) is 10.8 Å². The van der Waals surface area contributed by atoms with Gasteiger partial charge in [0.15, 0.2) is 5.75 Å². The molecule has 0 saturated carbocycles. The van der Waals surface area contributed by atoms with E-state index in [1.165, 1.54) is 0 Å². The Morgan fingerprint density at radius 1 is 1.08 bits per heavy atom. The number of fused-ring (bicyclic) bond motifs is 6. The lowest BCUT2D eigenvalue weighted by atomic mass is 9.75. The van der Waals surface area contributed by atoms with Crippen LogP contribution in [0.5, 0.6) is 11.5 Å². The molecule has 6 heteroatoms. The van der Waals surface area contributed by atoms with Crippen molar-refractivity contribution >= 4 is 21.8 Å². The summed E-state index contributed by atoms with van der Waals surface area (Å²) in [5.41, 5.74) is 9.05. The largest absolute Gasteiger partial charge is 0.452 e. The van der Waals surface area contributed by atoms with Gasteiger partial charge < -0.3 is 10.5 Å². The lowest BCUT2D eigenvalue weighted by Crippen LogP contribution is -2.30. The van der Waals surface area contributed by atoms with Crippen molar-refractivity contribution in [2.45, 2.75) is 12.5 Å². The highest BCUT2D eigenvalue weighted by atomic mass is 79.9. The van der Waals surface area contributed by atoms with Crippen molar-refractivity contribution in [3.8, 4) is 11.5 Å². The Hall–Kier alpha value is -2.73. The van der Waals surface area contributed by atoms with E-state index in [9.17, 15) is 4.39 Å². The van der Waals surface area contributed by atoms with E-state index in [1.807, 2.05) is 42.5 Å². The van der Waals surface area contributed by atoms with Gasteiger partial charge in [-0.2, -0.15) is 4.39 Å². The predicted molar refractivity (Wildman–Crippen MR) is 100 cm³/mol. The maximum atomic E-state index is 14.7. The van der Waals surface area contributed by atoms with Crippen molar-refractivity contribution in [2.75, 3.05) is 0 Å². The zero-order chi connectivity index (χ0) is 18.1. The average Bonchev–Trinajstić information content (AvgIpc) is 2.91. The Kier molecular flexibility index (Phi) is 3.07. The third kappa shape index (κ3) is 1.88. The van der Waals surface area contributed by atoms with Crippen molar-refractivity contribution in [1.82, 2.24) is 4.98 Å². The number of nitrogens with zero attached hydrogens (tertiary/aromatic N) is 2. The molecule has 1 spiro atoms. The highest BCUT2D eigenvalue weighted by Gasteiger charge is 2.49. The molecule has 0 amide bonds. The van der Waals surface area contributed by atoms with E-state index in [-0.39, 0.29) is 5.75 Å². The molecule has 1 atom stereocenters. The van der Waals surface area contributed by atoms with Crippen molar-refractivity contribution in [3.63, 3.8) is 0 Å². The summed E-state index contributed by atoms with van der Waals surface area (Å²) in [6.07, 6.45) is 0. The zero-order valence-electron chi connectivity index (χ0n) is 13.8. The van der Waals surface area contributed by atoms with E-state index in [2.05, 4.69) is 20.9 Å². The number of nitrogens with two attached hydrogens (primary N) is 1. The summed E-state index contributed by atoms with van der Waals surface area (Å²) in [4.78, 5) is 8.78. The van der Waals surface area contributed by atoms with E-state index >= 15 is 0 Å². The minimum Gasteiger partial charge on any atom is -0.452 e. The van der Waals surface area contributed by atoms with E-state index in [0.717, 1.165) is 21.2 Å². The predicted octanol–water partition coefficient (Wildman–Crippen LogP) is 4.41.